The van der Waals surface area contributed by atoms with Crippen LogP contribution in [-0.2, 0) is 16.3 Å². The third-order valence-corrected chi connectivity index (χ3v) is 1.28. The summed E-state index contributed by atoms with van der Waals surface area (Å²) in [5.74, 6) is 0. The summed E-state index contributed by atoms with van der Waals surface area (Å²) in [4.78, 5) is 8.55. The predicted molar refractivity (Wildman–Crippen MR) is 37.3 cm³/mol. The summed E-state index contributed by atoms with van der Waals surface area (Å²) in [5, 5.41) is 0. The molecule has 0 saturated heterocycles. The van der Waals surface area contributed by atoms with Gasteiger partial charge in [0.1, 0.15) is 0 Å². The molecule has 1 atom stereocenters. The minimum absolute atomic E-state index is 0.303. The van der Waals surface area contributed by atoms with Crippen LogP contribution < -0.4 is 0 Å². The Balaban J connectivity index is 3.55. The van der Waals surface area contributed by atoms with Crippen LogP contribution in [0.4, 0.5) is 0 Å². The van der Waals surface area contributed by atoms with Gasteiger partial charge in [0, 0.05) is 0 Å². The molecule has 4 heteroatoms. The number of hydrogen-bond donors (Lipinski definition) is 1. The third kappa shape index (κ3) is 6.44. The van der Waals surface area contributed by atoms with Gasteiger partial charge in [0.05, 0.1) is 5.60 Å². The lowest BCUT2D eigenvalue weighted by molar-refractivity contribution is 0.140. The minimum Gasteiger partial charge on any atom is -0.320 e. The Kier molecular flexibility index (Phi) is 2.99. The summed E-state index contributed by atoms with van der Waals surface area (Å²) in [6.45, 7) is 5.56. The molecular formula is C4H10O2PS. The Labute approximate surface area is 55.5 Å². The summed E-state index contributed by atoms with van der Waals surface area (Å²) in [5.41, 5.74) is -0.303. The fourth-order valence-electron chi connectivity index (χ4n) is 0.234. The van der Waals surface area contributed by atoms with Crippen molar-refractivity contribution in [3.63, 3.8) is 0 Å². The van der Waals surface area contributed by atoms with Crippen LogP contribution >= 0.6 is 7.15 Å². The largest absolute Gasteiger partial charge is 0.320 e. The number of rotatable bonds is 1. The van der Waals surface area contributed by atoms with Gasteiger partial charge < -0.3 is 4.89 Å². The molecule has 1 N–H and O–H groups in total. The molecule has 0 aromatic heterocycles. The molecule has 2 nitrogen and oxygen atoms in total. The molecule has 0 aliphatic carbocycles. The van der Waals surface area contributed by atoms with Crippen LogP contribution in [0.1, 0.15) is 20.8 Å². The summed E-state index contributed by atoms with van der Waals surface area (Å²) in [6.07, 6.45) is 0. The van der Waals surface area contributed by atoms with E-state index >= 15 is 0 Å². The highest BCUT2D eigenvalue weighted by atomic mass is 32.4. The molecule has 0 heterocycles. The highest BCUT2D eigenvalue weighted by Gasteiger charge is 2.10. The van der Waals surface area contributed by atoms with Crippen LogP contribution in [0.5, 0.6) is 0 Å². The van der Waals surface area contributed by atoms with Gasteiger partial charge in [-0.1, -0.05) is 0 Å². The normalized spacial score (nSPS) is 13.8. The van der Waals surface area contributed by atoms with E-state index in [1.807, 2.05) is 20.8 Å². The van der Waals surface area contributed by atoms with E-state index in [9.17, 15) is 0 Å². The first kappa shape index (κ1) is 8.44. The maximum Gasteiger partial charge on any atom is 0.199 e. The van der Waals surface area contributed by atoms with Crippen molar-refractivity contribution in [3.05, 3.63) is 0 Å². The van der Waals surface area contributed by atoms with Gasteiger partial charge in [0.2, 0.25) is 0 Å². The SMILES string of the molecule is CC(C)(C)O[P](O)=S. The van der Waals surface area contributed by atoms with Gasteiger partial charge in [-0.05, 0) is 32.6 Å². The molecular weight excluding hydrogens is 143 g/mol. The van der Waals surface area contributed by atoms with E-state index in [-0.39, 0.29) is 5.60 Å². The van der Waals surface area contributed by atoms with Crippen molar-refractivity contribution in [2.45, 2.75) is 26.4 Å². The summed E-state index contributed by atoms with van der Waals surface area (Å²) < 4.78 is 4.87. The van der Waals surface area contributed by atoms with Crippen LogP contribution in [0.25, 0.3) is 0 Å². The molecule has 0 aromatic rings. The fourth-order valence-corrected chi connectivity index (χ4v) is 1.37. The van der Waals surface area contributed by atoms with Gasteiger partial charge >= 0.3 is 0 Å². The molecule has 1 radical (unpaired) electrons. The van der Waals surface area contributed by atoms with E-state index in [1.165, 1.54) is 0 Å². The van der Waals surface area contributed by atoms with Crippen molar-refractivity contribution < 1.29 is 9.42 Å². The molecule has 0 rings (SSSR count). The topological polar surface area (TPSA) is 29.5 Å². The van der Waals surface area contributed by atoms with E-state index in [1.54, 1.807) is 0 Å². The maximum atomic E-state index is 8.55. The Morgan fingerprint density at radius 2 is 1.88 bits per heavy atom. The van der Waals surface area contributed by atoms with Crippen LogP contribution in [0.2, 0.25) is 0 Å². The molecule has 0 saturated carbocycles. The Hall–Kier alpha value is 0.440. The van der Waals surface area contributed by atoms with E-state index in [0.29, 0.717) is 0 Å². The highest BCUT2D eigenvalue weighted by molar-refractivity contribution is 8.00. The minimum atomic E-state index is -1.61. The lowest BCUT2D eigenvalue weighted by atomic mass is 10.2. The summed E-state index contributed by atoms with van der Waals surface area (Å²) >= 11 is 4.43. The van der Waals surface area contributed by atoms with E-state index in [4.69, 9.17) is 9.42 Å². The molecule has 1 unspecified atom stereocenters. The second-order valence-corrected chi connectivity index (χ2v) is 4.04. The van der Waals surface area contributed by atoms with Crippen LogP contribution in [0.3, 0.4) is 0 Å². The van der Waals surface area contributed by atoms with E-state index < -0.39 is 7.15 Å². The molecule has 49 valence electrons. The molecule has 0 spiro atoms. The lowest BCUT2D eigenvalue weighted by Gasteiger charge is -2.16. The molecule has 8 heavy (non-hydrogen) atoms. The van der Waals surface area contributed by atoms with Gasteiger partial charge in [-0.2, -0.15) is 0 Å². The lowest BCUT2D eigenvalue weighted by Crippen LogP contribution is -2.14. The first-order chi connectivity index (χ1) is 3.42. The average molecular weight is 153 g/mol. The van der Waals surface area contributed by atoms with Gasteiger partial charge in [0.25, 0.3) is 0 Å². The fraction of sp³-hybridized carbons (Fsp3) is 1.00. The van der Waals surface area contributed by atoms with Crippen molar-refractivity contribution in [1.29, 1.82) is 0 Å². The van der Waals surface area contributed by atoms with Crippen molar-refractivity contribution in [3.8, 4) is 0 Å². The van der Waals surface area contributed by atoms with Crippen molar-refractivity contribution in [2.75, 3.05) is 0 Å². The summed E-state index contributed by atoms with van der Waals surface area (Å²) in [7, 11) is -1.61. The molecule has 0 aliphatic rings. The maximum absolute atomic E-state index is 8.55. The Bertz CT molecular complexity index is 96.7. The Morgan fingerprint density at radius 3 is 1.88 bits per heavy atom. The van der Waals surface area contributed by atoms with Gasteiger partial charge in [-0.25, -0.2) is 0 Å². The molecule has 0 bridgehead atoms. The van der Waals surface area contributed by atoms with Gasteiger partial charge in [0.15, 0.2) is 7.15 Å². The number of hydrogen-bond acceptors (Lipinski definition) is 2. The van der Waals surface area contributed by atoms with Crippen LogP contribution in [0.15, 0.2) is 0 Å². The van der Waals surface area contributed by atoms with Gasteiger partial charge in [-0.15, -0.1) is 0 Å². The average Bonchev–Trinajstić information content (AvgIpc) is 1.21. The molecule has 0 aromatic carbocycles. The van der Waals surface area contributed by atoms with Crippen molar-refractivity contribution in [1.82, 2.24) is 0 Å². The highest BCUT2D eigenvalue weighted by Crippen LogP contribution is 2.24. The molecule has 0 aliphatic heterocycles. The van der Waals surface area contributed by atoms with E-state index in [2.05, 4.69) is 11.8 Å². The summed E-state index contributed by atoms with van der Waals surface area (Å²) in [6, 6.07) is 0. The van der Waals surface area contributed by atoms with Gasteiger partial charge in [-0.3, -0.25) is 4.52 Å². The predicted octanol–water partition coefficient (Wildman–Crippen LogP) is 1.57. The zero-order valence-electron chi connectivity index (χ0n) is 5.21. The monoisotopic (exact) mass is 153 g/mol. The second kappa shape index (κ2) is 2.83. The van der Waals surface area contributed by atoms with E-state index in [0.717, 1.165) is 0 Å². The smallest absolute Gasteiger partial charge is 0.199 e. The molecule has 0 amide bonds. The third-order valence-electron chi connectivity index (χ3n) is 0.352. The first-order valence-electron chi connectivity index (χ1n) is 2.27. The van der Waals surface area contributed by atoms with Crippen LogP contribution in [-0.4, -0.2) is 10.5 Å². The zero-order chi connectivity index (χ0) is 6.78. The Morgan fingerprint density at radius 1 is 1.50 bits per heavy atom. The quantitative estimate of drug-likeness (QED) is 0.580. The standard InChI is InChI=1S/C4H10O2PS/c1-4(2,3)6-7(5)8/h1-3H3,(H,5,8). The van der Waals surface area contributed by atoms with Crippen molar-refractivity contribution in [2.24, 2.45) is 0 Å². The van der Waals surface area contributed by atoms with Crippen molar-refractivity contribution >= 4 is 19.0 Å². The first-order valence-corrected chi connectivity index (χ1v) is 4.50. The van der Waals surface area contributed by atoms with Crippen LogP contribution in [0, 0.1) is 0 Å². The molecule has 0 fully saturated rings. The second-order valence-electron chi connectivity index (χ2n) is 2.44. The zero-order valence-corrected chi connectivity index (χ0v) is 6.92.